The van der Waals surface area contributed by atoms with Gasteiger partial charge in [-0.25, -0.2) is 8.42 Å². The third-order valence-corrected chi connectivity index (χ3v) is 4.08. The molecule has 0 radical (unpaired) electrons. The molecular formula is C8H19NO3S. The Labute approximate surface area is 80.3 Å². The van der Waals surface area contributed by atoms with E-state index in [9.17, 15) is 8.42 Å². The number of aliphatic hydroxyl groups excluding tert-OH is 1. The van der Waals surface area contributed by atoms with Crippen LogP contribution in [0.25, 0.3) is 0 Å². The SMILES string of the molecule is CC(CO)NCCS(=O)(=O)C(C)C. The highest BCUT2D eigenvalue weighted by Gasteiger charge is 2.15. The molecule has 0 aliphatic carbocycles. The zero-order valence-electron chi connectivity index (χ0n) is 8.45. The molecule has 0 spiro atoms. The molecule has 0 aliphatic rings. The van der Waals surface area contributed by atoms with Crippen molar-refractivity contribution in [3.8, 4) is 0 Å². The molecule has 0 aromatic heterocycles. The highest BCUT2D eigenvalue weighted by molar-refractivity contribution is 7.92. The molecule has 4 nitrogen and oxygen atoms in total. The van der Waals surface area contributed by atoms with Crippen LogP contribution in [0.1, 0.15) is 20.8 Å². The Morgan fingerprint density at radius 3 is 2.23 bits per heavy atom. The lowest BCUT2D eigenvalue weighted by Gasteiger charge is -2.11. The van der Waals surface area contributed by atoms with Gasteiger partial charge in [0.05, 0.1) is 17.6 Å². The monoisotopic (exact) mass is 209 g/mol. The number of hydrogen-bond acceptors (Lipinski definition) is 4. The summed E-state index contributed by atoms with van der Waals surface area (Å²) in [5.41, 5.74) is 0. The summed E-state index contributed by atoms with van der Waals surface area (Å²) in [4.78, 5) is 0. The van der Waals surface area contributed by atoms with Crippen LogP contribution in [0.15, 0.2) is 0 Å². The van der Waals surface area contributed by atoms with Crippen LogP contribution < -0.4 is 5.32 Å². The van der Waals surface area contributed by atoms with Gasteiger partial charge in [0.1, 0.15) is 0 Å². The molecule has 5 heteroatoms. The van der Waals surface area contributed by atoms with E-state index in [0.717, 1.165) is 0 Å². The van der Waals surface area contributed by atoms with Gasteiger partial charge in [-0.2, -0.15) is 0 Å². The predicted octanol–water partition coefficient (Wildman–Crippen LogP) is -0.220. The Hall–Kier alpha value is -0.130. The summed E-state index contributed by atoms with van der Waals surface area (Å²) in [6.07, 6.45) is 0. The molecular weight excluding hydrogens is 190 g/mol. The minimum Gasteiger partial charge on any atom is -0.395 e. The molecule has 0 aromatic carbocycles. The summed E-state index contributed by atoms with van der Waals surface area (Å²) < 4.78 is 22.6. The van der Waals surface area contributed by atoms with Gasteiger partial charge < -0.3 is 10.4 Å². The fourth-order valence-electron chi connectivity index (χ4n) is 0.748. The highest BCUT2D eigenvalue weighted by Crippen LogP contribution is 1.99. The van der Waals surface area contributed by atoms with Gasteiger partial charge in [0.15, 0.2) is 9.84 Å². The van der Waals surface area contributed by atoms with Crippen molar-refractivity contribution in [1.82, 2.24) is 5.32 Å². The number of rotatable bonds is 6. The van der Waals surface area contributed by atoms with Crippen molar-refractivity contribution >= 4 is 9.84 Å². The van der Waals surface area contributed by atoms with Crippen molar-refractivity contribution in [3.63, 3.8) is 0 Å². The Bertz CT molecular complexity index is 224. The molecule has 2 N–H and O–H groups in total. The third kappa shape index (κ3) is 5.23. The Balaban J connectivity index is 3.78. The smallest absolute Gasteiger partial charge is 0.153 e. The molecule has 0 rings (SSSR count). The van der Waals surface area contributed by atoms with Crippen molar-refractivity contribution < 1.29 is 13.5 Å². The summed E-state index contributed by atoms with van der Waals surface area (Å²) in [5.74, 6) is 0.134. The van der Waals surface area contributed by atoms with Gasteiger partial charge in [-0.15, -0.1) is 0 Å². The maximum absolute atomic E-state index is 11.3. The van der Waals surface area contributed by atoms with Gasteiger partial charge in [0, 0.05) is 12.6 Å². The zero-order valence-corrected chi connectivity index (χ0v) is 9.26. The molecule has 0 aromatic rings. The molecule has 0 bridgehead atoms. The van der Waals surface area contributed by atoms with Gasteiger partial charge >= 0.3 is 0 Å². The molecule has 13 heavy (non-hydrogen) atoms. The molecule has 0 saturated heterocycles. The summed E-state index contributed by atoms with van der Waals surface area (Å²) in [6.45, 7) is 5.58. The fourth-order valence-corrected chi connectivity index (χ4v) is 1.62. The predicted molar refractivity (Wildman–Crippen MR) is 53.5 cm³/mol. The van der Waals surface area contributed by atoms with E-state index in [0.29, 0.717) is 6.54 Å². The van der Waals surface area contributed by atoms with Crippen molar-refractivity contribution in [2.24, 2.45) is 0 Å². The Morgan fingerprint density at radius 2 is 1.85 bits per heavy atom. The van der Waals surface area contributed by atoms with Gasteiger partial charge in [0.2, 0.25) is 0 Å². The first kappa shape index (κ1) is 12.9. The third-order valence-electron chi connectivity index (χ3n) is 1.87. The average molecular weight is 209 g/mol. The topological polar surface area (TPSA) is 66.4 Å². The number of hydrogen-bond donors (Lipinski definition) is 2. The molecule has 0 fully saturated rings. The molecule has 80 valence electrons. The van der Waals surface area contributed by atoms with Gasteiger partial charge in [0.25, 0.3) is 0 Å². The van der Waals surface area contributed by atoms with Crippen LogP contribution in [-0.4, -0.2) is 43.7 Å². The average Bonchev–Trinajstić information content (AvgIpc) is 2.03. The maximum Gasteiger partial charge on any atom is 0.153 e. The van der Waals surface area contributed by atoms with E-state index in [4.69, 9.17) is 5.11 Å². The number of nitrogens with one attached hydrogen (secondary N) is 1. The normalized spacial score (nSPS) is 14.8. The lowest BCUT2D eigenvalue weighted by molar-refractivity contribution is 0.253. The largest absolute Gasteiger partial charge is 0.395 e. The Morgan fingerprint density at radius 1 is 1.31 bits per heavy atom. The molecule has 0 heterocycles. The number of aliphatic hydroxyl groups is 1. The first-order chi connectivity index (χ1) is 5.90. The van der Waals surface area contributed by atoms with Gasteiger partial charge in [-0.05, 0) is 20.8 Å². The van der Waals surface area contributed by atoms with Crippen molar-refractivity contribution in [1.29, 1.82) is 0 Å². The van der Waals surface area contributed by atoms with E-state index < -0.39 is 9.84 Å². The summed E-state index contributed by atoms with van der Waals surface area (Å²) in [5, 5.41) is 11.3. The maximum atomic E-state index is 11.3. The van der Waals surface area contributed by atoms with Crippen LogP contribution in [0.3, 0.4) is 0 Å². The van der Waals surface area contributed by atoms with E-state index in [1.807, 2.05) is 6.92 Å². The van der Waals surface area contributed by atoms with E-state index in [1.165, 1.54) is 0 Å². The van der Waals surface area contributed by atoms with Crippen molar-refractivity contribution in [2.45, 2.75) is 32.1 Å². The molecule has 0 saturated carbocycles. The van der Waals surface area contributed by atoms with Crippen LogP contribution in [0.2, 0.25) is 0 Å². The second-order valence-electron chi connectivity index (χ2n) is 3.45. The first-order valence-corrected chi connectivity index (χ1v) is 6.17. The van der Waals surface area contributed by atoms with E-state index >= 15 is 0 Å². The van der Waals surface area contributed by atoms with Crippen LogP contribution in [0, 0.1) is 0 Å². The minimum atomic E-state index is -2.95. The highest BCUT2D eigenvalue weighted by atomic mass is 32.2. The fraction of sp³-hybridized carbons (Fsp3) is 1.00. The second-order valence-corrected chi connectivity index (χ2v) is 6.13. The summed E-state index contributed by atoms with van der Waals surface area (Å²) >= 11 is 0. The van der Waals surface area contributed by atoms with Crippen LogP contribution in [0.5, 0.6) is 0 Å². The first-order valence-electron chi connectivity index (χ1n) is 4.46. The summed E-state index contributed by atoms with van der Waals surface area (Å²) in [6, 6.07) is -0.0395. The number of sulfone groups is 1. The van der Waals surface area contributed by atoms with E-state index in [2.05, 4.69) is 5.32 Å². The van der Waals surface area contributed by atoms with Crippen molar-refractivity contribution in [2.75, 3.05) is 18.9 Å². The minimum absolute atomic E-state index is 0.0295. The molecule has 0 aliphatic heterocycles. The van der Waals surface area contributed by atoms with Crippen LogP contribution in [-0.2, 0) is 9.84 Å². The molecule has 1 unspecified atom stereocenters. The van der Waals surface area contributed by atoms with Gasteiger partial charge in [-0.1, -0.05) is 0 Å². The lowest BCUT2D eigenvalue weighted by atomic mass is 10.4. The van der Waals surface area contributed by atoms with Crippen LogP contribution in [0.4, 0.5) is 0 Å². The molecule has 1 atom stereocenters. The van der Waals surface area contributed by atoms with Crippen LogP contribution >= 0.6 is 0 Å². The quantitative estimate of drug-likeness (QED) is 0.635. The van der Waals surface area contributed by atoms with E-state index in [-0.39, 0.29) is 23.7 Å². The standard InChI is InChI=1S/C8H19NO3S/c1-7(2)13(11,12)5-4-9-8(3)6-10/h7-10H,4-6H2,1-3H3. The summed E-state index contributed by atoms with van der Waals surface area (Å²) in [7, 11) is -2.95. The van der Waals surface area contributed by atoms with Crippen molar-refractivity contribution in [3.05, 3.63) is 0 Å². The second kappa shape index (κ2) is 5.57. The van der Waals surface area contributed by atoms with Gasteiger partial charge in [-0.3, -0.25) is 0 Å². The Kier molecular flexibility index (Phi) is 5.51. The van der Waals surface area contributed by atoms with E-state index in [1.54, 1.807) is 13.8 Å². The molecule has 0 amide bonds. The zero-order chi connectivity index (χ0) is 10.5. The lowest BCUT2D eigenvalue weighted by Crippen LogP contribution is -2.34.